The third-order valence-corrected chi connectivity index (χ3v) is 7.47. The molecule has 17 heavy (non-hydrogen) atoms. The second-order valence-corrected chi connectivity index (χ2v) is 7.66. The van der Waals surface area contributed by atoms with E-state index in [0.717, 1.165) is 36.0 Å². The van der Waals surface area contributed by atoms with Crippen LogP contribution in [0, 0.1) is 46.8 Å². The maximum absolute atomic E-state index is 12.0. The van der Waals surface area contributed by atoms with Crippen LogP contribution in [0.15, 0.2) is 0 Å². The molecule has 0 heterocycles. The van der Waals surface area contributed by atoms with Gasteiger partial charge in [-0.3, -0.25) is 4.79 Å². The van der Waals surface area contributed by atoms with Crippen molar-refractivity contribution >= 4 is 5.97 Å². The second-order valence-electron chi connectivity index (χ2n) is 7.66. The summed E-state index contributed by atoms with van der Waals surface area (Å²) in [4.78, 5) is 12.0. The molecule has 92 valence electrons. The zero-order valence-electron chi connectivity index (χ0n) is 10.1. The van der Waals surface area contributed by atoms with Gasteiger partial charge in [0.25, 0.3) is 0 Å². The summed E-state index contributed by atoms with van der Waals surface area (Å²) < 4.78 is 0. The fraction of sp³-hybridized carbons (Fsp3) is 0.933. The van der Waals surface area contributed by atoms with Crippen molar-refractivity contribution in [1.29, 1.82) is 0 Å². The zero-order valence-corrected chi connectivity index (χ0v) is 10.1. The molecule has 2 heteroatoms. The molecule has 7 aliphatic rings. The smallest absolute Gasteiger partial charge is 0.310 e. The molecule has 8 bridgehead atoms. The number of rotatable bonds is 1. The summed E-state index contributed by atoms with van der Waals surface area (Å²) in [5.41, 5.74) is -0.260. The van der Waals surface area contributed by atoms with Crippen LogP contribution in [-0.4, -0.2) is 11.1 Å². The van der Waals surface area contributed by atoms with Gasteiger partial charge in [-0.05, 0) is 80.0 Å². The summed E-state index contributed by atoms with van der Waals surface area (Å²) in [6, 6.07) is 0. The minimum Gasteiger partial charge on any atom is -0.481 e. The number of aliphatic carboxylic acids is 1. The van der Waals surface area contributed by atoms with Gasteiger partial charge in [-0.2, -0.15) is 0 Å². The number of hydrogen-bond acceptors (Lipinski definition) is 1. The Morgan fingerprint density at radius 3 is 2.06 bits per heavy atom. The maximum atomic E-state index is 12.0. The average molecular weight is 232 g/mol. The molecule has 0 amide bonds. The first-order valence-corrected chi connectivity index (χ1v) is 7.43. The van der Waals surface area contributed by atoms with Crippen LogP contribution in [0.2, 0.25) is 0 Å². The van der Waals surface area contributed by atoms with Crippen LogP contribution in [0.3, 0.4) is 0 Å². The Morgan fingerprint density at radius 2 is 1.47 bits per heavy atom. The molecule has 0 radical (unpaired) electrons. The fourth-order valence-electron chi connectivity index (χ4n) is 7.36. The minimum atomic E-state index is -0.425. The molecule has 7 unspecified atom stereocenters. The zero-order chi connectivity index (χ0) is 11.4. The Kier molecular flexibility index (Phi) is 1.42. The summed E-state index contributed by atoms with van der Waals surface area (Å²) >= 11 is 0. The van der Waals surface area contributed by atoms with E-state index in [1.54, 1.807) is 0 Å². The lowest BCUT2D eigenvalue weighted by Crippen LogP contribution is -2.69. The van der Waals surface area contributed by atoms with Crippen molar-refractivity contribution in [2.45, 2.75) is 38.5 Å². The second kappa shape index (κ2) is 2.57. The third-order valence-electron chi connectivity index (χ3n) is 7.47. The van der Waals surface area contributed by atoms with Crippen LogP contribution in [-0.2, 0) is 4.79 Å². The van der Waals surface area contributed by atoms with E-state index in [1.165, 1.54) is 32.1 Å². The van der Waals surface area contributed by atoms with Crippen molar-refractivity contribution in [3.8, 4) is 0 Å². The summed E-state index contributed by atoms with van der Waals surface area (Å²) in [6.07, 6.45) is 7.74. The Morgan fingerprint density at radius 1 is 0.882 bits per heavy atom. The van der Waals surface area contributed by atoms with Crippen molar-refractivity contribution in [2.24, 2.45) is 46.8 Å². The summed E-state index contributed by atoms with van der Waals surface area (Å²) in [6.45, 7) is 0. The van der Waals surface area contributed by atoms with Crippen molar-refractivity contribution in [2.75, 3.05) is 0 Å². The highest BCUT2D eigenvalue weighted by Gasteiger charge is 2.72. The Bertz CT molecular complexity index is 391. The molecule has 0 aromatic heterocycles. The highest BCUT2D eigenvalue weighted by Crippen LogP contribution is 2.75. The van der Waals surface area contributed by atoms with Gasteiger partial charge in [-0.1, -0.05) is 0 Å². The molecule has 0 saturated heterocycles. The number of hydrogen-bond donors (Lipinski definition) is 1. The quantitative estimate of drug-likeness (QED) is 0.754. The Labute approximate surface area is 102 Å². The lowest BCUT2D eigenvalue weighted by Gasteiger charge is -2.73. The van der Waals surface area contributed by atoms with Crippen molar-refractivity contribution in [1.82, 2.24) is 0 Å². The molecule has 0 aromatic rings. The summed E-state index contributed by atoms with van der Waals surface area (Å²) in [5.74, 6) is 4.90. The number of carboxylic acids is 1. The van der Waals surface area contributed by atoms with Gasteiger partial charge in [0.2, 0.25) is 0 Å². The third kappa shape index (κ3) is 0.821. The van der Waals surface area contributed by atoms with E-state index < -0.39 is 5.97 Å². The van der Waals surface area contributed by atoms with Gasteiger partial charge in [0.15, 0.2) is 0 Å². The van der Waals surface area contributed by atoms with E-state index in [-0.39, 0.29) is 5.41 Å². The van der Waals surface area contributed by atoms with E-state index >= 15 is 0 Å². The highest BCUT2D eigenvalue weighted by molar-refractivity contribution is 5.77. The van der Waals surface area contributed by atoms with Gasteiger partial charge in [0, 0.05) is 0 Å². The fourth-order valence-corrected chi connectivity index (χ4v) is 7.36. The molecule has 7 aliphatic carbocycles. The average Bonchev–Trinajstić information content (AvgIpc) is 2.34. The highest BCUT2D eigenvalue weighted by atomic mass is 16.4. The van der Waals surface area contributed by atoms with Crippen LogP contribution >= 0.6 is 0 Å². The molecule has 7 fully saturated rings. The maximum Gasteiger partial charge on any atom is 0.310 e. The van der Waals surface area contributed by atoms with Gasteiger partial charge in [-0.15, -0.1) is 0 Å². The molecule has 7 saturated carbocycles. The summed E-state index contributed by atoms with van der Waals surface area (Å²) in [5, 5.41) is 9.89. The molecule has 0 aromatic carbocycles. The first kappa shape index (κ1) is 9.41. The number of carboxylic acid groups (broad SMARTS) is 1. The lowest BCUT2D eigenvalue weighted by atomic mass is 9.31. The topological polar surface area (TPSA) is 37.3 Å². The molecular weight excluding hydrogens is 212 g/mol. The summed E-state index contributed by atoms with van der Waals surface area (Å²) in [7, 11) is 0. The SMILES string of the molecule is O=C(O)C12CC3CC4C5CC(CC41)CC2[C@@H]5C3. The van der Waals surface area contributed by atoms with E-state index in [1.807, 2.05) is 0 Å². The van der Waals surface area contributed by atoms with Crippen LogP contribution in [0.1, 0.15) is 38.5 Å². The van der Waals surface area contributed by atoms with Crippen LogP contribution < -0.4 is 0 Å². The van der Waals surface area contributed by atoms with Gasteiger partial charge in [-0.25, -0.2) is 0 Å². The van der Waals surface area contributed by atoms with E-state index in [2.05, 4.69) is 0 Å². The Balaban J connectivity index is 1.73. The minimum absolute atomic E-state index is 0.260. The van der Waals surface area contributed by atoms with E-state index in [9.17, 15) is 9.90 Å². The molecule has 1 N–H and O–H groups in total. The Hall–Kier alpha value is -0.530. The standard InChI is InChI=1S/C15H20O2/c16-14(17)15-6-8-2-10-9-1-7(4-12(10)15)5-13(15)11(9)3-8/h7-13H,1-6H2,(H,16,17)/t7?,8?,9?,10-,11?,12?,13?,15?/m1/s1. The van der Waals surface area contributed by atoms with Crippen LogP contribution in [0.4, 0.5) is 0 Å². The molecular formula is C15H20O2. The van der Waals surface area contributed by atoms with Crippen molar-refractivity contribution in [3.63, 3.8) is 0 Å². The first-order valence-electron chi connectivity index (χ1n) is 7.43. The van der Waals surface area contributed by atoms with Crippen molar-refractivity contribution in [3.05, 3.63) is 0 Å². The van der Waals surface area contributed by atoms with Crippen LogP contribution in [0.25, 0.3) is 0 Å². The van der Waals surface area contributed by atoms with E-state index in [0.29, 0.717) is 11.8 Å². The largest absolute Gasteiger partial charge is 0.481 e. The van der Waals surface area contributed by atoms with Gasteiger partial charge >= 0.3 is 5.97 Å². The predicted octanol–water partition coefficient (Wildman–Crippen LogP) is 2.78. The van der Waals surface area contributed by atoms with Crippen molar-refractivity contribution < 1.29 is 9.90 Å². The number of carbonyl (C=O) groups is 1. The van der Waals surface area contributed by atoms with Gasteiger partial charge < -0.3 is 5.11 Å². The van der Waals surface area contributed by atoms with Crippen LogP contribution in [0.5, 0.6) is 0 Å². The predicted molar refractivity (Wildman–Crippen MR) is 62.2 cm³/mol. The monoisotopic (exact) mass is 232 g/mol. The molecule has 0 spiro atoms. The molecule has 7 rings (SSSR count). The van der Waals surface area contributed by atoms with Gasteiger partial charge in [0.1, 0.15) is 0 Å². The lowest BCUT2D eigenvalue weighted by molar-refractivity contribution is -0.256. The van der Waals surface area contributed by atoms with E-state index in [4.69, 9.17) is 0 Å². The molecule has 2 nitrogen and oxygen atoms in total. The van der Waals surface area contributed by atoms with Gasteiger partial charge in [0.05, 0.1) is 5.41 Å². The normalized spacial score (nSPS) is 65.5. The first-order chi connectivity index (χ1) is 8.20. The molecule has 0 aliphatic heterocycles. The molecule has 8 atom stereocenters.